The zero-order chi connectivity index (χ0) is 13.4. The van der Waals surface area contributed by atoms with Gasteiger partial charge in [-0.3, -0.25) is 0 Å². The first-order valence-electron chi connectivity index (χ1n) is 5.87. The summed E-state index contributed by atoms with van der Waals surface area (Å²) in [6.07, 6.45) is 7.11. The summed E-state index contributed by atoms with van der Waals surface area (Å²) in [6.45, 7) is 0. The molecular weight excluding hydrogens is 364 g/mol. The second-order valence-electron chi connectivity index (χ2n) is 3.44. The first-order valence-corrected chi connectivity index (χ1v) is 8.12. The second-order valence-corrected chi connectivity index (χ2v) is 5.02. The summed E-state index contributed by atoms with van der Waals surface area (Å²) in [7, 11) is 3.34. The van der Waals surface area contributed by atoms with Crippen molar-refractivity contribution < 1.29 is 14.3 Å². The average Bonchev–Trinajstić information content (AvgIpc) is 2.36. The van der Waals surface area contributed by atoms with Crippen LogP contribution in [-0.2, 0) is 14.3 Å². The summed E-state index contributed by atoms with van der Waals surface area (Å²) < 4.78 is 10.0. The Labute approximate surface area is 129 Å². The minimum absolute atomic E-state index is 0. The molecule has 0 rings (SSSR count). The van der Waals surface area contributed by atoms with Crippen molar-refractivity contribution in [1.29, 1.82) is 0 Å². The van der Waals surface area contributed by atoms with Gasteiger partial charge in [0, 0.05) is 31.3 Å². The molecule has 5 heteroatoms. The number of unbranched alkanes of at least 4 members (excludes halogenated alkanes) is 3. The molecule has 0 N–H and O–H groups in total. The molecule has 0 spiro atoms. The van der Waals surface area contributed by atoms with E-state index in [1.54, 1.807) is 14.2 Å². The van der Waals surface area contributed by atoms with Gasteiger partial charge in [0.15, 0.2) is 6.29 Å². The van der Waals surface area contributed by atoms with Gasteiger partial charge >= 0.3 is 0 Å². The fraction of sp³-hybridized carbons (Fsp3) is 0.923. The van der Waals surface area contributed by atoms with Crippen LogP contribution in [0, 0.1) is 0 Å². The second kappa shape index (κ2) is 22.7. The molecule has 0 aromatic carbocycles. The number of halogens is 2. The highest BCUT2D eigenvalue weighted by molar-refractivity contribution is 9.09. The lowest BCUT2D eigenvalue weighted by Gasteiger charge is -2.11. The third-order valence-corrected chi connectivity index (χ3v) is 3.18. The maximum atomic E-state index is 9.66. The number of hydrogen-bond donors (Lipinski definition) is 0. The van der Waals surface area contributed by atoms with Gasteiger partial charge < -0.3 is 14.3 Å². The molecule has 0 heterocycles. The van der Waals surface area contributed by atoms with Crippen molar-refractivity contribution in [1.82, 2.24) is 0 Å². The number of rotatable bonds is 10. The topological polar surface area (TPSA) is 35.5 Å². The number of methoxy groups -OCH3 is 2. The minimum atomic E-state index is -0.0148. The maximum absolute atomic E-state index is 9.66. The molecule has 0 bridgehead atoms. The van der Waals surface area contributed by atoms with Crippen LogP contribution in [-0.4, -0.2) is 37.5 Å². The van der Waals surface area contributed by atoms with Gasteiger partial charge in [-0.25, -0.2) is 0 Å². The van der Waals surface area contributed by atoms with E-state index in [4.69, 9.17) is 9.47 Å². The third kappa shape index (κ3) is 21.8. The largest absolute Gasteiger partial charge is 0.356 e. The number of carbonyl (C=O) groups excluding carboxylic acids is 1. The zero-order valence-corrected chi connectivity index (χ0v) is 14.0. The normalized spacial score (nSPS) is 9.39. The SMILES string of the molecule is C.COC(CCCCBr)OC.O=CCCCCBr. The van der Waals surface area contributed by atoms with Crippen LogP contribution in [0.4, 0.5) is 0 Å². The molecule has 0 aliphatic heterocycles. The molecule has 0 saturated carbocycles. The Bertz CT molecular complexity index is 142. The highest BCUT2D eigenvalue weighted by Crippen LogP contribution is 2.05. The molecule has 0 unspecified atom stereocenters. The molecule has 112 valence electrons. The molecule has 18 heavy (non-hydrogen) atoms. The lowest BCUT2D eigenvalue weighted by atomic mass is 10.2. The fourth-order valence-corrected chi connectivity index (χ4v) is 1.85. The number of aldehydes is 1. The lowest BCUT2D eigenvalue weighted by molar-refractivity contribution is -0.108. The Kier molecular flexibility index (Phi) is 29.8. The molecule has 3 nitrogen and oxygen atoms in total. The van der Waals surface area contributed by atoms with Gasteiger partial charge in [0.2, 0.25) is 0 Å². The van der Waals surface area contributed by atoms with Crippen molar-refractivity contribution in [3.05, 3.63) is 0 Å². The van der Waals surface area contributed by atoms with Crippen molar-refractivity contribution in [2.75, 3.05) is 24.9 Å². The average molecular weight is 392 g/mol. The van der Waals surface area contributed by atoms with Crippen molar-refractivity contribution in [2.24, 2.45) is 0 Å². The highest BCUT2D eigenvalue weighted by atomic mass is 79.9. The molecular formula is C13H28Br2O3. The Morgan fingerprint density at radius 1 is 1.00 bits per heavy atom. The van der Waals surface area contributed by atoms with Crippen LogP contribution in [0.5, 0.6) is 0 Å². The van der Waals surface area contributed by atoms with Crippen LogP contribution in [0.15, 0.2) is 0 Å². The predicted molar refractivity (Wildman–Crippen MR) is 85.9 cm³/mol. The zero-order valence-electron chi connectivity index (χ0n) is 10.8. The quantitative estimate of drug-likeness (QED) is 0.237. The van der Waals surface area contributed by atoms with Gasteiger partial charge in [-0.05, 0) is 32.1 Å². The van der Waals surface area contributed by atoms with Crippen molar-refractivity contribution in [2.45, 2.75) is 52.2 Å². The number of ether oxygens (including phenoxy) is 2. The summed E-state index contributed by atoms with van der Waals surface area (Å²) in [5, 5.41) is 2.08. The van der Waals surface area contributed by atoms with Crippen molar-refractivity contribution >= 4 is 38.1 Å². The Hall–Kier alpha value is 0.550. The van der Waals surface area contributed by atoms with Crippen molar-refractivity contribution in [3.8, 4) is 0 Å². The summed E-state index contributed by atoms with van der Waals surface area (Å²) in [4.78, 5) is 9.66. The van der Waals surface area contributed by atoms with Crippen molar-refractivity contribution in [3.63, 3.8) is 0 Å². The van der Waals surface area contributed by atoms with E-state index >= 15 is 0 Å². The predicted octanol–water partition coefficient (Wildman–Crippen LogP) is 4.56. The minimum Gasteiger partial charge on any atom is -0.356 e. The summed E-state index contributed by atoms with van der Waals surface area (Å²) >= 11 is 6.63. The molecule has 0 aromatic heterocycles. The van der Waals surface area contributed by atoms with E-state index in [0.29, 0.717) is 6.42 Å². The van der Waals surface area contributed by atoms with Gasteiger partial charge in [-0.15, -0.1) is 0 Å². The standard InChI is InChI=1S/C7H15BrO2.C5H9BrO.CH4/c1-9-7(10-2)5-3-4-6-8;6-4-2-1-3-5-7;/h7H,3-6H2,1-2H3;5H,1-4H2;1H4. The van der Waals surface area contributed by atoms with Gasteiger partial charge in [0.05, 0.1) is 0 Å². The first kappa shape index (κ1) is 23.6. The Morgan fingerprint density at radius 2 is 1.50 bits per heavy atom. The third-order valence-electron chi connectivity index (χ3n) is 2.05. The van der Waals surface area contributed by atoms with Crippen LogP contribution in [0.1, 0.15) is 46.0 Å². The molecule has 0 amide bonds. The highest BCUT2D eigenvalue weighted by Gasteiger charge is 2.02. The van der Waals surface area contributed by atoms with Crippen LogP contribution in [0.2, 0.25) is 0 Å². The van der Waals surface area contributed by atoms with Gasteiger partial charge in [0.1, 0.15) is 6.29 Å². The number of carbonyl (C=O) groups is 1. The van der Waals surface area contributed by atoms with E-state index in [9.17, 15) is 4.79 Å². The summed E-state index contributed by atoms with van der Waals surface area (Å²) in [6, 6.07) is 0. The molecule has 0 fully saturated rings. The van der Waals surface area contributed by atoms with Crippen LogP contribution in [0.3, 0.4) is 0 Å². The number of hydrogen-bond acceptors (Lipinski definition) is 3. The molecule has 0 aromatic rings. The van der Waals surface area contributed by atoms with E-state index in [1.807, 2.05) is 0 Å². The molecule has 0 atom stereocenters. The maximum Gasteiger partial charge on any atom is 0.156 e. The van der Waals surface area contributed by atoms with Crippen LogP contribution in [0.25, 0.3) is 0 Å². The molecule has 0 aliphatic rings. The lowest BCUT2D eigenvalue weighted by Crippen LogP contribution is -2.12. The monoisotopic (exact) mass is 390 g/mol. The van der Waals surface area contributed by atoms with E-state index in [1.165, 1.54) is 6.42 Å². The van der Waals surface area contributed by atoms with Crippen LogP contribution >= 0.6 is 31.9 Å². The summed E-state index contributed by atoms with van der Waals surface area (Å²) in [5.74, 6) is 0. The first-order chi connectivity index (χ1) is 8.26. The summed E-state index contributed by atoms with van der Waals surface area (Å²) in [5.41, 5.74) is 0. The molecule has 0 radical (unpaired) electrons. The Morgan fingerprint density at radius 3 is 1.89 bits per heavy atom. The fourth-order valence-electron chi connectivity index (χ4n) is 1.06. The van der Waals surface area contributed by atoms with Crippen LogP contribution < -0.4 is 0 Å². The Balaban J connectivity index is -0.000000251. The molecule has 0 aliphatic carbocycles. The van der Waals surface area contributed by atoms with Gasteiger partial charge in [-0.2, -0.15) is 0 Å². The molecule has 0 saturated heterocycles. The van der Waals surface area contributed by atoms with E-state index < -0.39 is 0 Å². The van der Waals surface area contributed by atoms with Gasteiger partial charge in [0.25, 0.3) is 0 Å². The van der Waals surface area contributed by atoms with E-state index in [-0.39, 0.29) is 13.7 Å². The smallest absolute Gasteiger partial charge is 0.156 e. The number of alkyl halides is 2. The van der Waals surface area contributed by atoms with Gasteiger partial charge in [-0.1, -0.05) is 39.3 Å². The van der Waals surface area contributed by atoms with E-state index in [2.05, 4.69) is 31.9 Å². The van der Waals surface area contributed by atoms with E-state index in [0.717, 1.165) is 42.6 Å².